The number of ether oxygens (including phenoxy) is 1. The van der Waals surface area contributed by atoms with Crippen LogP contribution >= 0.6 is 0 Å². The van der Waals surface area contributed by atoms with Crippen molar-refractivity contribution in [1.82, 2.24) is 4.90 Å². The summed E-state index contributed by atoms with van der Waals surface area (Å²) < 4.78 is 12.7. The number of nitrogens with zero attached hydrogens (tertiary/aromatic N) is 1. The first-order chi connectivity index (χ1) is 13.0. The maximum Gasteiger partial charge on any atom is 0.222 e. The fourth-order valence-corrected chi connectivity index (χ4v) is 3.32. The molecule has 0 aromatic carbocycles. The molecule has 4 N–H and O–H groups in total. The number of rotatable bonds is 12. The molecule has 0 bridgehead atoms. The van der Waals surface area contributed by atoms with E-state index >= 15 is 0 Å². The number of hydrogen-bond donors (Lipinski definition) is 4. The molecule has 0 aliphatic carbocycles. The summed E-state index contributed by atoms with van der Waals surface area (Å²) in [7, 11) is -0.449. The van der Waals surface area contributed by atoms with Crippen molar-refractivity contribution in [1.29, 1.82) is 0 Å². The normalized spacial score (nSPS) is 29.4. The number of likely N-dealkylation sites (N-methyl/N-ethyl adjacent to an activating group) is 1. The minimum atomic E-state index is -1.56. The van der Waals surface area contributed by atoms with Gasteiger partial charge in [0.1, 0.15) is 24.4 Å². The Labute approximate surface area is 158 Å². The molecule has 1 unspecified atom stereocenters. The summed E-state index contributed by atoms with van der Waals surface area (Å²) >= 11 is 0. The Kier molecular flexibility index (Phi) is 10.5. The maximum atomic E-state index is 12.4. The van der Waals surface area contributed by atoms with Gasteiger partial charge in [-0.2, -0.15) is 0 Å². The van der Waals surface area contributed by atoms with Gasteiger partial charge < -0.3 is 30.1 Å². The monoisotopic (exact) mass is 376 g/mol. The van der Waals surface area contributed by atoms with Crippen LogP contribution in [0.5, 0.6) is 0 Å². The third-order valence-corrected chi connectivity index (χ3v) is 5.04. The Morgan fingerprint density at radius 2 is 1.58 bits per heavy atom. The molecular weight excluding hydrogens is 338 g/mol. The number of amides is 1. The molecule has 0 aromatic heterocycles. The van der Waals surface area contributed by atoms with Crippen LogP contribution in [-0.4, -0.2) is 75.5 Å². The van der Waals surface area contributed by atoms with Crippen molar-refractivity contribution in [2.24, 2.45) is 0 Å². The average Bonchev–Trinajstić information content (AvgIpc) is 2.66. The van der Waals surface area contributed by atoms with E-state index in [0.29, 0.717) is 6.42 Å². The van der Waals surface area contributed by atoms with Crippen LogP contribution in [0.3, 0.4) is 0 Å². The van der Waals surface area contributed by atoms with E-state index in [1.165, 1.54) is 32.1 Å². The first-order valence-corrected chi connectivity index (χ1v) is 9.87. The molecule has 0 spiro atoms. The summed E-state index contributed by atoms with van der Waals surface area (Å²) in [6.45, 7) is 1.63. The number of hydrogen-bond acceptors (Lipinski definition) is 6. The van der Waals surface area contributed by atoms with Gasteiger partial charge in [-0.05, 0) is 6.42 Å². The zero-order valence-corrected chi connectivity index (χ0v) is 15.9. The lowest BCUT2D eigenvalue weighted by Crippen LogP contribution is -2.64. The third-order valence-electron chi connectivity index (χ3n) is 5.04. The summed E-state index contributed by atoms with van der Waals surface area (Å²) in [6.07, 6.45) is 4.74. The molecule has 0 saturated carbocycles. The van der Waals surface area contributed by atoms with Gasteiger partial charge in [-0.25, -0.2) is 0 Å². The number of carbonyl (C=O) groups is 1. The molecule has 7 heteroatoms. The summed E-state index contributed by atoms with van der Waals surface area (Å²) in [6, 6.07) is -1.22. The minimum Gasteiger partial charge on any atom is -0.394 e. The fourth-order valence-electron chi connectivity index (χ4n) is 3.32. The molecule has 0 aromatic rings. The van der Waals surface area contributed by atoms with Gasteiger partial charge in [0.2, 0.25) is 5.91 Å². The van der Waals surface area contributed by atoms with Gasteiger partial charge in [-0.15, -0.1) is 0 Å². The Hall–Kier alpha value is -0.730. The molecule has 7 nitrogen and oxygen atoms in total. The van der Waals surface area contributed by atoms with Gasteiger partial charge in [0.15, 0.2) is 6.29 Å². The molecule has 0 radical (unpaired) electrons. The van der Waals surface area contributed by atoms with Crippen LogP contribution in [0.1, 0.15) is 72.5 Å². The number of carbonyl (C=O) groups excluding carboxylic acids is 1. The van der Waals surface area contributed by atoms with E-state index in [9.17, 15) is 20.1 Å². The van der Waals surface area contributed by atoms with E-state index in [4.69, 9.17) is 11.2 Å². The second kappa shape index (κ2) is 12.6. The lowest BCUT2D eigenvalue weighted by molar-refractivity contribution is -0.268. The summed E-state index contributed by atoms with van der Waals surface area (Å²) in [5.74, 6) is -0.353. The van der Waals surface area contributed by atoms with Gasteiger partial charge >= 0.3 is 0 Å². The van der Waals surface area contributed by atoms with E-state index in [-0.39, 0.29) is 12.3 Å². The van der Waals surface area contributed by atoms with Crippen molar-refractivity contribution in [2.75, 3.05) is 13.6 Å². The van der Waals surface area contributed by atoms with Crippen molar-refractivity contribution >= 4 is 5.91 Å². The Bertz CT molecular complexity index is 414. The summed E-state index contributed by atoms with van der Waals surface area (Å²) in [5, 5.41) is 39.3. The highest BCUT2D eigenvalue weighted by Gasteiger charge is 2.46. The quantitative estimate of drug-likeness (QED) is 0.381. The van der Waals surface area contributed by atoms with Crippen LogP contribution in [0.4, 0.5) is 0 Å². The largest absolute Gasteiger partial charge is 0.394 e. The first kappa shape index (κ1) is 21.6. The van der Waals surface area contributed by atoms with Gasteiger partial charge in [0.05, 0.1) is 6.61 Å². The highest BCUT2D eigenvalue weighted by atomic mass is 16.6. The molecule has 1 saturated heterocycles. The molecule has 154 valence electrons. The number of aliphatic hydroxyl groups excluding tert-OH is 4. The molecule has 1 aliphatic rings. The van der Waals surface area contributed by atoms with Crippen molar-refractivity contribution in [3.63, 3.8) is 0 Å². The Balaban J connectivity index is 2.37. The van der Waals surface area contributed by atoms with E-state index in [1.54, 1.807) is 0 Å². The molecule has 1 aliphatic heterocycles. The van der Waals surface area contributed by atoms with Crippen LogP contribution in [0.25, 0.3) is 0 Å². The van der Waals surface area contributed by atoms with Crippen molar-refractivity contribution in [3.05, 3.63) is 0 Å². The maximum absolute atomic E-state index is 12.4. The molecule has 5 atom stereocenters. The zero-order valence-electron chi connectivity index (χ0n) is 16.9. The highest BCUT2D eigenvalue weighted by molar-refractivity contribution is 5.76. The first-order valence-electron chi connectivity index (χ1n) is 10.6. The highest BCUT2D eigenvalue weighted by Crippen LogP contribution is 2.24. The van der Waals surface area contributed by atoms with Crippen LogP contribution in [-0.2, 0) is 9.53 Å². The van der Waals surface area contributed by atoms with Gasteiger partial charge in [-0.3, -0.25) is 4.79 Å². The molecule has 26 heavy (non-hydrogen) atoms. The van der Waals surface area contributed by atoms with Crippen LogP contribution in [0.15, 0.2) is 0 Å². The molecule has 1 heterocycles. The van der Waals surface area contributed by atoms with Crippen LogP contribution in [0.2, 0.25) is 0 Å². The van der Waals surface area contributed by atoms with Gasteiger partial charge in [0.25, 0.3) is 0 Å². The molecule has 1 fully saturated rings. The standard InChI is InChI=1S/C19H37NO6/c1-3-4-5-6-7-8-9-10-11-12-15(22)20(2)16-18(24)17(23)14(13-21)26-19(16)25/h14,16-19,21,23-25H,3-13H2,1-2H3/t14-,16-,17-,18-,19?/m1/s1/i2D. The number of unbranched alkanes of at least 4 members (excludes halogenated alkanes) is 8. The summed E-state index contributed by atoms with van der Waals surface area (Å²) in [4.78, 5) is 13.5. The second-order valence-corrected chi connectivity index (χ2v) is 7.16. The van der Waals surface area contributed by atoms with Gasteiger partial charge in [0, 0.05) is 14.8 Å². The molecular formula is C19H37NO6. The third kappa shape index (κ3) is 7.12. The number of aliphatic hydroxyl groups is 4. The fraction of sp³-hybridized carbons (Fsp3) is 0.947. The van der Waals surface area contributed by atoms with E-state index < -0.39 is 44.3 Å². The predicted octanol–water partition coefficient (Wildman–Crippen LogP) is 1.17. The molecule has 1 amide bonds. The average molecular weight is 377 g/mol. The van der Waals surface area contributed by atoms with E-state index in [2.05, 4.69) is 6.92 Å². The zero-order chi connectivity index (χ0) is 20.2. The lowest BCUT2D eigenvalue weighted by atomic mass is 9.95. The molecule has 1 rings (SSSR count). The topological polar surface area (TPSA) is 110 Å². The smallest absolute Gasteiger partial charge is 0.222 e. The summed E-state index contributed by atoms with van der Waals surface area (Å²) in [5.41, 5.74) is 0. The minimum absolute atomic E-state index is 0.226. The van der Waals surface area contributed by atoms with Crippen LogP contribution < -0.4 is 0 Å². The van der Waals surface area contributed by atoms with E-state index in [1.807, 2.05) is 0 Å². The second-order valence-electron chi connectivity index (χ2n) is 7.16. The van der Waals surface area contributed by atoms with Crippen molar-refractivity contribution in [2.45, 2.75) is 102 Å². The Morgan fingerprint density at radius 3 is 2.12 bits per heavy atom. The van der Waals surface area contributed by atoms with Gasteiger partial charge in [-0.1, -0.05) is 58.3 Å². The predicted molar refractivity (Wildman–Crippen MR) is 98.4 cm³/mol. The SMILES string of the molecule is [2H]CN(C(=O)CCCCCCCCCCC)[C@H]1C(O)O[C@H](CO)[C@@H](O)[C@@H]1O. The van der Waals surface area contributed by atoms with E-state index in [0.717, 1.165) is 24.2 Å². The van der Waals surface area contributed by atoms with Crippen LogP contribution in [0, 0.1) is 0 Å². The van der Waals surface area contributed by atoms with Crippen molar-refractivity contribution in [3.8, 4) is 0 Å². The lowest BCUT2D eigenvalue weighted by Gasteiger charge is -2.43. The van der Waals surface area contributed by atoms with Crippen molar-refractivity contribution < 1.29 is 31.3 Å². The Morgan fingerprint density at radius 1 is 1.00 bits per heavy atom.